The highest BCUT2D eigenvalue weighted by Gasteiger charge is 2.07. The predicted molar refractivity (Wildman–Crippen MR) is 120 cm³/mol. The highest BCUT2D eigenvalue weighted by atomic mass is 32.1. The predicted octanol–water partition coefficient (Wildman–Crippen LogP) is 4.54. The summed E-state index contributed by atoms with van der Waals surface area (Å²) >= 11 is 1.47. The summed E-state index contributed by atoms with van der Waals surface area (Å²) in [6.45, 7) is 0.432. The van der Waals surface area contributed by atoms with Gasteiger partial charge in [0, 0.05) is 41.0 Å². The first kappa shape index (κ1) is 21.1. The summed E-state index contributed by atoms with van der Waals surface area (Å²) in [4.78, 5) is 35.9. The van der Waals surface area contributed by atoms with E-state index in [0.717, 1.165) is 0 Å². The highest BCUT2D eigenvalue weighted by molar-refractivity contribution is 7.08. The van der Waals surface area contributed by atoms with E-state index in [1.807, 2.05) is 23.6 Å². The number of nitrogens with one attached hydrogen (secondary N) is 4. The largest absolute Gasteiger partial charge is 0.352 e. The fourth-order valence-electron chi connectivity index (χ4n) is 2.62. The molecule has 0 bridgehead atoms. The molecule has 1 heterocycles. The van der Waals surface area contributed by atoms with Gasteiger partial charge in [-0.2, -0.15) is 11.3 Å². The van der Waals surface area contributed by atoms with E-state index in [2.05, 4.69) is 21.3 Å². The first-order valence-electron chi connectivity index (χ1n) is 9.43. The van der Waals surface area contributed by atoms with Gasteiger partial charge in [0.1, 0.15) is 0 Å². The second kappa shape index (κ2) is 10.8. The highest BCUT2D eigenvalue weighted by Crippen LogP contribution is 2.15. The molecular formula is C22H22N4O3S. The molecule has 0 unspecified atom stereocenters. The van der Waals surface area contributed by atoms with Crippen LogP contribution in [0.5, 0.6) is 0 Å². The Morgan fingerprint density at radius 3 is 2.03 bits per heavy atom. The number of amides is 4. The zero-order valence-electron chi connectivity index (χ0n) is 16.2. The number of rotatable bonds is 8. The first-order chi connectivity index (χ1) is 14.6. The van der Waals surface area contributed by atoms with Crippen LogP contribution in [0, 0.1) is 0 Å². The van der Waals surface area contributed by atoms with E-state index in [1.54, 1.807) is 47.8 Å². The zero-order chi connectivity index (χ0) is 21.2. The summed E-state index contributed by atoms with van der Waals surface area (Å²) in [6, 6.07) is 17.4. The molecular weight excluding hydrogens is 400 g/mol. The van der Waals surface area contributed by atoms with Crippen LogP contribution in [0.25, 0.3) is 0 Å². The van der Waals surface area contributed by atoms with E-state index in [9.17, 15) is 14.4 Å². The van der Waals surface area contributed by atoms with Crippen molar-refractivity contribution in [3.63, 3.8) is 0 Å². The van der Waals surface area contributed by atoms with Crippen LogP contribution < -0.4 is 21.3 Å². The first-order valence-corrected chi connectivity index (χ1v) is 10.4. The molecule has 0 aliphatic rings. The van der Waals surface area contributed by atoms with Crippen molar-refractivity contribution in [3.05, 3.63) is 77.0 Å². The third kappa shape index (κ3) is 6.75. The van der Waals surface area contributed by atoms with Crippen molar-refractivity contribution in [1.29, 1.82) is 0 Å². The lowest BCUT2D eigenvalue weighted by atomic mass is 10.2. The molecule has 0 radical (unpaired) electrons. The molecule has 0 saturated carbocycles. The third-order valence-corrected chi connectivity index (χ3v) is 4.79. The van der Waals surface area contributed by atoms with E-state index in [4.69, 9.17) is 0 Å². The topological polar surface area (TPSA) is 99.3 Å². The lowest BCUT2D eigenvalue weighted by molar-refractivity contribution is -0.116. The molecule has 3 rings (SSSR count). The van der Waals surface area contributed by atoms with Crippen LogP contribution in [-0.2, 0) is 4.79 Å². The Bertz CT molecular complexity index is 973. The Morgan fingerprint density at radius 1 is 0.767 bits per heavy atom. The molecule has 8 heteroatoms. The molecule has 30 heavy (non-hydrogen) atoms. The maximum absolute atomic E-state index is 12.0. The zero-order valence-corrected chi connectivity index (χ0v) is 17.0. The summed E-state index contributed by atoms with van der Waals surface area (Å²) < 4.78 is 0. The summed E-state index contributed by atoms with van der Waals surface area (Å²) in [5.41, 5.74) is 2.58. The minimum atomic E-state index is -0.345. The van der Waals surface area contributed by atoms with E-state index in [1.165, 1.54) is 11.3 Å². The molecule has 0 aliphatic carbocycles. The van der Waals surface area contributed by atoms with Gasteiger partial charge >= 0.3 is 6.03 Å². The minimum Gasteiger partial charge on any atom is -0.352 e. The van der Waals surface area contributed by atoms with Crippen LogP contribution in [-0.4, -0.2) is 24.4 Å². The number of hydrogen-bond acceptors (Lipinski definition) is 4. The molecule has 4 amide bonds. The van der Waals surface area contributed by atoms with Crippen molar-refractivity contribution in [3.8, 4) is 0 Å². The lowest BCUT2D eigenvalue weighted by Gasteiger charge is -2.09. The number of carbonyl (C=O) groups is 3. The standard InChI is InChI=1S/C22H22N4O3S/c27-20(7-4-13-23-21(28)16-12-14-30-15-16)24-18-8-10-19(11-9-18)26-22(29)25-17-5-2-1-3-6-17/h1-3,5-6,8-12,14-15H,4,7,13H2,(H,23,28)(H,24,27)(H2,25,26,29). The number of anilines is 3. The van der Waals surface area contributed by atoms with Gasteiger partial charge in [-0.3, -0.25) is 9.59 Å². The van der Waals surface area contributed by atoms with Gasteiger partial charge in [0.05, 0.1) is 0 Å². The Balaban J connectivity index is 1.36. The van der Waals surface area contributed by atoms with Gasteiger partial charge in [-0.25, -0.2) is 4.79 Å². The van der Waals surface area contributed by atoms with E-state index in [-0.39, 0.29) is 17.8 Å². The summed E-state index contributed by atoms with van der Waals surface area (Å²) in [5.74, 6) is -0.265. The molecule has 0 atom stereocenters. The molecule has 4 N–H and O–H groups in total. The number of benzene rings is 2. The molecule has 0 saturated heterocycles. The second-order valence-electron chi connectivity index (χ2n) is 6.44. The Labute approximate surface area is 178 Å². The minimum absolute atomic E-state index is 0.129. The molecule has 1 aromatic heterocycles. The smallest absolute Gasteiger partial charge is 0.323 e. The summed E-state index contributed by atoms with van der Waals surface area (Å²) in [5, 5.41) is 14.7. The number of carbonyl (C=O) groups excluding carboxylic acids is 3. The van der Waals surface area contributed by atoms with Gasteiger partial charge in [0.25, 0.3) is 5.91 Å². The van der Waals surface area contributed by atoms with Crippen molar-refractivity contribution < 1.29 is 14.4 Å². The monoisotopic (exact) mass is 422 g/mol. The molecule has 0 fully saturated rings. The van der Waals surface area contributed by atoms with Crippen molar-refractivity contribution in [1.82, 2.24) is 5.32 Å². The van der Waals surface area contributed by atoms with Gasteiger partial charge in [-0.1, -0.05) is 18.2 Å². The van der Waals surface area contributed by atoms with Crippen molar-refractivity contribution in [2.45, 2.75) is 12.8 Å². The van der Waals surface area contributed by atoms with E-state index >= 15 is 0 Å². The molecule has 7 nitrogen and oxygen atoms in total. The van der Waals surface area contributed by atoms with Gasteiger partial charge in [-0.15, -0.1) is 0 Å². The van der Waals surface area contributed by atoms with Crippen LogP contribution in [0.4, 0.5) is 21.9 Å². The molecule has 0 spiro atoms. The molecule has 3 aromatic rings. The molecule has 154 valence electrons. The molecule has 0 aliphatic heterocycles. The average Bonchev–Trinajstić information content (AvgIpc) is 3.28. The number of thiophene rings is 1. The van der Waals surface area contributed by atoms with Crippen molar-refractivity contribution >= 4 is 46.2 Å². The van der Waals surface area contributed by atoms with Crippen LogP contribution in [0.1, 0.15) is 23.2 Å². The maximum Gasteiger partial charge on any atom is 0.323 e. The van der Waals surface area contributed by atoms with Crippen LogP contribution in [0.15, 0.2) is 71.4 Å². The van der Waals surface area contributed by atoms with Gasteiger partial charge in [0.15, 0.2) is 0 Å². The summed E-state index contributed by atoms with van der Waals surface area (Å²) in [7, 11) is 0. The number of hydrogen-bond donors (Lipinski definition) is 4. The van der Waals surface area contributed by atoms with Gasteiger partial charge in [-0.05, 0) is 54.3 Å². The van der Waals surface area contributed by atoms with Crippen LogP contribution >= 0.6 is 11.3 Å². The fraction of sp³-hybridized carbons (Fsp3) is 0.136. The second-order valence-corrected chi connectivity index (χ2v) is 7.22. The maximum atomic E-state index is 12.0. The average molecular weight is 423 g/mol. The van der Waals surface area contributed by atoms with Crippen molar-refractivity contribution in [2.24, 2.45) is 0 Å². The van der Waals surface area contributed by atoms with Gasteiger partial charge < -0.3 is 21.3 Å². The van der Waals surface area contributed by atoms with E-state index < -0.39 is 0 Å². The normalized spacial score (nSPS) is 10.1. The Kier molecular flexibility index (Phi) is 7.57. The van der Waals surface area contributed by atoms with Crippen LogP contribution in [0.3, 0.4) is 0 Å². The summed E-state index contributed by atoms with van der Waals surface area (Å²) in [6.07, 6.45) is 0.838. The SMILES string of the molecule is O=C(CCCNC(=O)c1ccsc1)Nc1ccc(NC(=O)Nc2ccccc2)cc1. The quantitative estimate of drug-likeness (QED) is 0.401. The van der Waals surface area contributed by atoms with Gasteiger partial charge in [0.2, 0.25) is 5.91 Å². The van der Waals surface area contributed by atoms with Crippen molar-refractivity contribution in [2.75, 3.05) is 22.5 Å². The Hall–Kier alpha value is -3.65. The fourth-order valence-corrected chi connectivity index (χ4v) is 3.26. The molecule has 2 aromatic carbocycles. The third-order valence-electron chi connectivity index (χ3n) is 4.11. The lowest BCUT2D eigenvalue weighted by Crippen LogP contribution is -2.25. The number of urea groups is 1. The van der Waals surface area contributed by atoms with E-state index in [0.29, 0.717) is 42.0 Å². The van der Waals surface area contributed by atoms with Crippen LogP contribution in [0.2, 0.25) is 0 Å². The number of para-hydroxylation sites is 1. The Morgan fingerprint density at radius 2 is 1.40 bits per heavy atom.